The standard InChI is InChI=1S/C18H29NO4/c1-5-7-10-22-13-16-11-15(8-9-17(16)23-6-2)18(20)19-14(3)12-21-4/h8-9,11,14H,5-7,10,12-13H2,1-4H3,(H,19,20)/t14-/m1/s1. The van der Waals surface area contributed by atoms with Crippen molar-refractivity contribution in [3.8, 4) is 5.75 Å². The first kappa shape index (κ1) is 19.5. The lowest BCUT2D eigenvalue weighted by Crippen LogP contribution is -2.35. The van der Waals surface area contributed by atoms with Crippen LogP contribution in [0.2, 0.25) is 0 Å². The maximum atomic E-state index is 12.3. The van der Waals surface area contributed by atoms with E-state index in [0.717, 1.165) is 24.2 Å². The SMILES string of the molecule is CCCCOCc1cc(C(=O)N[C@H](C)COC)ccc1OCC. The van der Waals surface area contributed by atoms with E-state index in [1.54, 1.807) is 13.2 Å². The number of amides is 1. The summed E-state index contributed by atoms with van der Waals surface area (Å²) in [4.78, 5) is 12.3. The molecule has 23 heavy (non-hydrogen) atoms. The number of carbonyl (C=O) groups excluding carboxylic acids is 1. The highest BCUT2D eigenvalue weighted by atomic mass is 16.5. The normalized spacial score (nSPS) is 12.0. The number of hydrogen-bond acceptors (Lipinski definition) is 4. The molecule has 0 heterocycles. The molecule has 1 aromatic carbocycles. The minimum Gasteiger partial charge on any atom is -0.494 e. The zero-order valence-corrected chi connectivity index (χ0v) is 14.7. The lowest BCUT2D eigenvalue weighted by molar-refractivity contribution is 0.0904. The van der Waals surface area contributed by atoms with Crippen molar-refractivity contribution >= 4 is 5.91 Å². The van der Waals surface area contributed by atoms with Gasteiger partial charge in [0.25, 0.3) is 5.91 Å². The number of unbranched alkanes of at least 4 members (excludes halogenated alkanes) is 1. The Morgan fingerprint density at radius 3 is 2.74 bits per heavy atom. The minimum atomic E-state index is -0.118. The number of carbonyl (C=O) groups is 1. The fourth-order valence-electron chi connectivity index (χ4n) is 2.16. The van der Waals surface area contributed by atoms with Gasteiger partial charge in [0, 0.05) is 30.9 Å². The molecule has 1 aromatic rings. The van der Waals surface area contributed by atoms with Crippen LogP contribution in [0.4, 0.5) is 0 Å². The predicted octanol–water partition coefficient (Wildman–Crippen LogP) is 3.17. The molecule has 0 aromatic heterocycles. The average Bonchev–Trinajstić information content (AvgIpc) is 2.53. The van der Waals surface area contributed by atoms with Crippen molar-refractivity contribution in [2.45, 2.75) is 46.3 Å². The summed E-state index contributed by atoms with van der Waals surface area (Å²) in [5.74, 6) is 0.651. The van der Waals surface area contributed by atoms with Gasteiger partial charge in [-0.2, -0.15) is 0 Å². The predicted molar refractivity (Wildman–Crippen MR) is 91.0 cm³/mol. The molecule has 0 aliphatic carbocycles. The van der Waals surface area contributed by atoms with E-state index in [2.05, 4.69) is 12.2 Å². The van der Waals surface area contributed by atoms with Gasteiger partial charge >= 0.3 is 0 Å². The van der Waals surface area contributed by atoms with E-state index >= 15 is 0 Å². The highest BCUT2D eigenvalue weighted by Gasteiger charge is 2.13. The van der Waals surface area contributed by atoms with Crippen LogP contribution in [0.3, 0.4) is 0 Å². The number of nitrogens with one attached hydrogen (secondary N) is 1. The third-order valence-electron chi connectivity index (χ3n) is 3.32. The summed E-state index contributed by atoms with van der Waals surface area (Å²) >= 11 is 0. The second-order valence-electron chi connectivity index (χ2n) is 5.49. The largest absolute Gasteiger partial charge is 0.494 e. The minimum absolute atomic E-state index is 0.0386. The van der Waals surface area contributed by atoms with Crippen LogP contribution in [0.15, 0.2) is 18.2 Å². The highest BCUT2D eigenvalue weighted by Crippen LogP contribution is 2.21. The highest BCUT2D eigenvalue weighted by molar-refractivity contribution is 5.94. The number of benzene rings is 1. The molecule has 0 radical (unpaired) electrons. The van der Waals surface area contributed by atoms with Gasteiger partial charge in [-0.05, 0) is 38.5 Å². The molecule has 0 saturated carbocycles. The molecule has 0 fully saturated rings. The summed E-state index contributed by atoms with van der Waals surface area (Å²) in [6.45, 7) is 8.20. The molecule has 1 N–H and O–H groups in total. The van der Waals surface area contributed by atoms with Crippen LogP contribution in [0.1, 0.15) is 49.5 Å². The Balaban J connectivity index is 2.78. The summed E-state index contributed by atoms with van der Waals surface area (Å²) in [5, 5.41) is 2.91. The van der Waals surface area contributed by atoms with Gasteiger partial charge in [-0.25, -0.2) is 0 Å². The van der Waals surface area contributed by atoms with Crippen molar-refractivity contribution in [2.24, 2.45) is 0 Å². The van der Waals surface area contributed by atoms with E-state index in [4.69, 9.17) is 14.2 Å². The van der Waals surface area contributed by atoms with Gasteiger partial charge in [0.05, 0.1) is 19.8 Å². The van der Waals surface area contributed by atoms with Gasteiger partial charge < -0.3 is 19.5 Å². The Hall–Kier alpha value is -1.59. The van der Waals surface area contributed by atoms with E-state index in [0.29, 0.717) is 32.0 Å². The van der Waals surface area contributed by atoms with E-state index < -0.39 is 0 Å². The molecule has 1 amide bonds. The van der Waals surface area contributed by atoms with Crippen molar-refractivity contribution in [2.75, 3.05) is 26.9 Å². The molecular formula is C18H29NO4. The van der Waals surface area contributed by atoms with Crippen LogP contribution in [0, 0.1) is 0 Å². The number of methoxy groups -OCH3 is 1. The molecule has 130 valence electrons. The van der Waals surface area contributed by atoms with Crippen molar-refractivity contribution in [3.05, 3.63) is 29.3 Å². The Bertz CT molecular complexity index is 476. The van der Waals surface area contributed by atoms with Gasteiger partial charge in [-0.3, -0.25) is 4.79 Å². The average molecular weight is 323 g/mol. The molecule has 0 bridgehead atoms. The Kier molecular flexibility index (Phi) is 9.33. The summed E-state index contributed by atoms with van der Waals surface area (Å²) < 4.78 is 16.3. The van der Waals surface area contributed by atoms with Crippen LogP contribution < -0.4 is 10.1 Å². The summed E-state index contributed by atoms with van der Waals surface area (Å²) in [6, 6.07) is 5.40. The van der Waals surface area contributed by atoms with Crippen LogP contribution in [-0.4, -0.2) is 38.9 Å². The molecule has 0 aliphatic heterocycles. The summed E-state index contributed by atoms with van der Waals surface area (Å²) in [6.07, 6.45) is 2.12. The fraction of sp³-hybridized carbons (Fsp3) is 0.611. The number of ether oxygens (including phenoxy) is 3. The van der Waals surface area contributed by atoms with E-state index in [1.807, 2.05) is 26.0 Å². The summed E-state index contributed by atoms with van der Waals surface area (Å²) in [5.41, 5.74) is 1.50. The lowest BCUT2D eigenvalue weighted by atomic mass is 10.1. The smallest absolute Gasteiger partial charge is 0.251 e. The van der Waals surface area contributed by atoms with E-state index in [9.17, 15) is 4.79 Å². The quantitative estimate of drug-likeness (QED) is 0.636. The molecule has 0 unspecified atom stereocenters. The molecule has 0 saturated heterocycles. The monoisotopic (exact) mass is 323 g/mol. The van der Waals surface area contributed by atoms with Crippen molar-refractivity contribution in [3.63, 3.8) is 0 Å². The van der Waals surface area contributed by atoms with Crippen LogP contribution in [-0.2, 0) is 16.1 Å². The second kappa shape index (κ2) is 11.0. The van der Waals surface area contributed by atoms with E-state index in [-0.39, 0.29) is 11.9 Å². The first-order valence-corrected chi connectivity index (χ1v) is 8.25. The Labute approximate surface area is 139 Å². The van der Waals surface area contributed by atoms with Crippen molar-refractivity contribution in [1.82, 2.24) is 5.32 Å². The maximum Gasteiger partial charge on any atom is 0.251 e. The summed E-state index contributed by atoms with van der Waals surface area (Å²) in [7, 11) is 1.62. The topological polar surface area (TPSA) is 56.8 Å². The van der Waals surface area contributed by atoms with Crippen molar-refractivity contribution < 1.29 is 19.0 Å². The zero-order chi connectivity index (χ0) is 17.1. The van der Waals surface area contributed by atoms with Crippen LogP contribution >= 0.6 is 0 Å². The van der Waals surface area contributed by atoms with Gasteiger partial charge in [0.1, 0.15) is 5.75 Å². The maximum absolute atomic E-state index is 12.3. The molecule has 1 rings (SSSR count). The lowest BCUT2D eigenvalue weighted by Gasteiger charge is -2.15. The van der Waals surface area contributed by atoms with Gasteiger partial charge in [-0.1, -0.05) is 13.3 Å². The molecule has 1 atom stereocenters. The molecule has 0 spiro atoms. The third kappa shape index (κ3) is 7.01. The van der Waals surface area contributed by atoms with Crippen molar-refractivity contribution in [1.29, 1.82) is 0 Å². The molecule has 0 aliphatic rings. The second-order valence-corrected chi connectivity index (χ2v) is 5.49. The van der Waals surface area contributed by atoms with Gasteiger partial charge in [0.2, 0.25) is 0 Å². The van der Waals surface area contributed by atoms with Crippen LogP contribution in [0.25, 0.3) is 0 Å². The third-order valence-corrected chi connectivity index (χ3v) is 3.32. The Morgan fingerprint density at radius 2 is 2.09 bits per heavy atom. The van der Waals surface area contributed by atoms with Gasteiger partial charge in [-0.15, -0.1) is 0 Å². The first-order valence-electron chi connectivity index (χ1n) is 8.25. The first-order chi connectivity index (χ1) is 11.1. The van der Waals surface area contributed by atoms with Gasteiger partial charge in [0.15, 0.2) is 0 Å². The zero-order valence-electron chi connectivity index (χ0n) is 14.7. The molecular weight excluding hydrogens is 294 g/mol. The fourth-order valence-corrected chi connectivity index (χ4v) is 2.16. The molecule has 5 nitrogen and oxygen atoms in total. The number of rotatable bonds is 11. The number of hydrogen-bond donors (Lipinski definition) is 1. The van der Waals surface area contributed by atoms with Crippen LogP contribution in [0.5, 0.6) is 5.75 Å². The molecule has 5 heteroatoms. The van der Waals surface area contributed by atoms with E-state index in [1.165, 1.54) is 0 Å². The Morgan fingerprint density at radius 1 is 1.30 bits per heavy atom.